The molecule has 1 aromatic rings. The second kappa shape index (κ2) is 7.37. The minimum Gasteiger partial charge on any atom is -0.353 e. The fourth-order valence-electron chi connectivity index (χ4n) is 4.49. The van der Waals surface area contributed by atoms with E-state index in [4.69, 9.17) is 0 Å². The largest absolute Gasteiger partial charge is 0.353 e. The van der Waals surface area contributed by atoms with E-state index in [1.165, 1.54) is 0 Å². The summed E-state index contributed by atoms with van der Waals surface area (Å²) in [7, 11) is 0. The van der Waals surface area contributed by atoms with Gasteiger partial charge in [-0.05, 0) is 56.1 Å². The van der Waals surface area contributed by atoms with Crippen molar-refractivity contribution in [2.45, 2.75) is 64.5 Å². The first-order chi connectivity index (χ1) is 11.6. The van der Waals surface area contributed by atoms with Gasteiger partial charge in [-0.3, -0.25) is 9.59 Å². The highest BCUT2D eigenvalue weighted by Crippen LogP contribution is 2.37. The van der Waals surface area contributed by atoms with Crippen molar-refractivity contribution in [3.63, 3.8) is 0 Å². The van der Waals surface area contributed by atoms with Crippen LogP contribution in [0.15, 0.2) is 24.3 Å². The molecular weight excluding hydrogens is 300 g/mol. The van der Waals surface area contributed by atoms with E-state index in [1.54, 1.807) is 0 Å². The van der Waals surface area contributed by atoms with Crippen LogP contribution in [0.2, 0.25) is 0 Å². The minimum atomic E-state index is 0.00351. The number of hydrogen-bond donors (Lipinski definition) is 2. The van der Waals surface area contributed by atoms with Crippen molar-refractivity contribution in [1.82, 2.24) is 10.6 Å². The Bertz CT molecular complexity index is 613. The van der Waals surface area contributed by atoms with Crippen molar-refractivity contribution in [2.75, 3.05) is 0 Å². The summed E-state index contributed by atoms with van der Waals surface area (Å²) in [5.41, 5.74) is 1.74. The first-order valence-electron chi connectivity index (χ1n) is 9.24. The van der Waals surface area contributed by atoms with Crippen LogP contribution in [0.5, 0.6) is 0 Å². The summed E-state index contributed by atoms with van der Waals surface area (Å²) in [6, 6.07) is 8.05. The van der Waals surface area contributed by atoms with Gasteiger partial charge in [0.25, 0.3) is 5.91 Å². The maximum atomic E-state index is 12.5. The Kier molecular flexibility index (Phi) is 5.22. The Labute approximate surface area is 144 Å². The first-order valence-corrected chi connectivity index (χ1v) is 9.24. The van der Waals surface area contributed by atoms with Crippen LogP contribution in [0.1, 0.15) is 61.4 Å². The first kappa shape index (κ1) is 17.0. The average molecular weight is 328 g/mol. The lowest BCUT2D eigenvalue weighted by atomic mass is 9.70. The zero-order valence-corrected chi connectivity index (χ0v) is 14.7. The lowest BCUT2D eigenvalue weighted by Crippen LogP contribution is -2.55. The van der Waals surface area contributed by atoms with Gasteiger partial charge in [-0.25, -0.2) is 0 Å². The molecule has 1 aliphatic heterocycles. The van der Waals surface area contributed by atoms with Gasteiger partial charge in [-0.15, -0.1) is 0 Å². The minimum absolute atomic E-state index is 0.00351. The molecule has 130 valence electrons. The number of fused-ring (bicyclic) bond motifs is 1. The molecular formula is C20H28N2O2. The van der Waals surface area contributed by atoms with Gasteiger partial charge in [0.1, 0.15) is 0 Å². The highest BCUT2D eigenvalue weighted by atomic mass is 16.2. The molecule has 0 bridgehead atoms. The molecule has 4 atom stereocenters. The van der Waals surface area contributed by atoms with E-state index in [0.717, 1.165) is 43.2 Å². The maximum absolute atomic E-state index is 12.5. The Morgan fingerprint density at radius 2 is 2.08 bits per heavy atom. The number of rotatable bonds is 4. The van der Waals surface area contributed by atoms with E-state index in [-0.39, 0.29) is 23.9 Å². The molecule has 1 heterocycles. The van der Waals surface area contributed by atoms with Crippen molar-refractivity contribution in [2.24, 2.45) is 11.8 Å². The zero-order valence-electron chi connectivity index (χ0n) is 14.7. The molecule has 2 amide bonds. The van der Waals surface area contributed by atoms with Crippen LogP contribution in [0.25, 0.3) is 0 Å². The number of hydrogen-bond acceptors (Lipinski definition) is 2. The molecule has 1 aromatic carbocycles. The lowest BCUT2D eigenvalue weighted by molar-refractivity contribution is -0.127. The molecule has 3 rings (SSSR count). The molecule has 2 aliphatic rings. The van der Waals surface area contributed by atoms with Crippen molar-refractivity contribution < 1.29 is 9.59 Å². The van der Waals surface area contributed by atoms with Crippen molar-refractivity contribution >= 4 is 11.8 Å². The summed E-state index contributed by atoms with van der Waals surface area (Å²) >= 11 is 0. The molecule has 1 saturated carbocycles. The normalized spacial score (nSPS) is 29.5. The molecule has 1 saturated heterocycles. The van der Waals surface area contributed by atoms with Crippen LogP contribution in [0, 0.1) is 18.8 Å². The molecule has 24 heavy (non-hydrogen) atoms. The van der Waals surface area contributed by atoms with Crippen LogP contribution in [-0.4, -0.2) is 23.9 Å². The monoisotopic (exact) mass is 328 g/mol. The van der Waals surface area contributed by atoms with Crippen LogP contribution in [0.4, 0.5) is 0 Å². The number of benzene rings is 1. The Hall–Kier alpha value is -1.84. The quantitative estimate of drug-likeness (QED) is 0.892. The number of amides is 2. The third kappa shape index (κ3) is 3.63. The molecule has 4 heteroatoms. The summed E-state index contributed by atoms with van der Waals surface area (Å²) in [5.74, 6) is 1.28. The molecule has 4 unspecified atom stereocenters. The van der Waals surface area contributed by atoms with Crippen molar-refractivity contribution in [3.05, 3.63) is 35.4 Å². The number of carbonyl (C=O) groups is 2. The SMILES string of the molecule is CCCC1CC(=O)NC2CC(NC(=O)c3ccccc3C)CCC12. The third-order valence-corrected chi connectivity index (χ3v) is 5.69. The summed E-state index contributed by atoms with van der Waals surface area (Å²) in [6.45, 7) is 4.15. The van der Waals surface area contributed by atoms with Gasteiger partial charge >= 0.3 is 0 Å². The average Bonchev–Trinajstić information content (AvgIpc) is 2.55. The summed E-state index contributed by atoms with van der Waals surface area (Å²) < 4.78 is 0. The Morgan fingerprint density at radius 3 is 2.83 bits per heavy atom. The molecule has 0 spiro atoms. The van der Waals surface area contributed by atoms with Gasteiger partial charge in [0.2, 0.25) is 5.91 Å². The van der Waals surface area contributed by atoms with Gasteiger partial charge in [0.15, 0.2) is 0 Å². The van der Waals surface area contributed by atoms with Crippen LogP contribution in [-0.2, 0) is 4.79 Å². The fraction of sp³-hybridized carbons (Fsp3) is 0.600. The summed E-state index contributed by atoms with van der Waals surface area (Å²) in [6.07, 6.45) is 5.90. The predicted molar refractivity (Wildman–Crippen MR) is 94.7 cm³/mol. The lowest BCUT2D eigenvalue weighted by Gasteiger charge is -2.44. The molecule has 0 aromatic heterocycles. The second-order valence-electron chi connectivity index (χ2n) is 7.39. The van der Waals surface area contributed by atoms with E-state index in [1.807, 2.05) is 31.2 Å². The molecule has 0 radical (unpaired) electrons. The van der Waals surface area contributed by atoms with E-state index in [2.05, 4.69) is 17.6 Å². The van der Waals surface area contributed by atoms with E-state index in [0.29, 0.717) is 18.3 Å². The van der Waals surface area contributed by atoms with E-state index in [9.17, 15) is 9.59 Å². The number of aryl methyl sites for hydroxylation is 1. The van der Waals surface area contributed by atoms with Crippen LogP contribution in [0.3, 0.4) is 0 Å². The molecule has 1 aliphatic carbocycles. The van der Waals surface area contributed by atoms with Crippen molar-refractivity contribution in [1.29, 1.82) is 0 Å². The molecule has 2 N–H and O–H groups in total. The van der Waals surface area contributed by atoms with E-state index < -0.39 is 0 Å². The number of piperidine rings is 1. The summed E-state index contributed by atoms with van der Waals surface area (Å²) in [4.78, 5) is 24.5. The maximum Gasteiger partial charge on any atom is 0.251 e. The molecule has 4 nitrogen and oxygen atoms in total. The zero-order chi connectivity index (χ0) is 17.1. The highest BCUT2D eigenvalue weighted by Gasteiger charge is 2.40. The van der Waals surface area contributed by atoms with E-state index >= 15 is 0 Å². The number of nitrogens with one attached hydrogen (secondary N) is 2. The van der Waals surface area contributed by atoms with Crippen molar-refractivity contribution in [3.8, 4) is 0 Å². The van der Waals surface area contributed by atoms with Gasteiger partial charge in [0, 0.05) is 24.1 Å². The van der Waals surface area contributed by atoms with Gasteiger partial charge in [-0.1, -0.05) is 31.5 Å². The predicted octanol–water partition coefficient (Wildman–Crippen LogP) is 3.20. The fourth-order valence-corrected chi connectivity index (χ4v) is 4.49. The standard InChI is InChI=1S/C20H28N2O2/c1-3-6-14-11-19(23)22-18-12-15(9-10-17(14)18)21-20(24)16-8-5-4-7-13(16)2/h4-5,7-8,14-15,17-18H,3,6,9-12H2,1-2H3,(H,21,24)(H,22,23). The number of carbonyl (C=O) groups excluding carboxylic acids is 2. The smallest absolute Gasteiger partial charge is 0.251 e. The third-order valence-electron chi connectivity index (χ3n) is 5.69. The van der Waals surface area contributed by atoms with Crippen LogP contribution < -0.4 is 10.6 Å². The Balaban J connectivity index is 1.63. The topological polar surface area (TPSA) is 58.2 Å². The van der Waals surface area contributed by atoms with Gasteiger partial charge < -0.3 is 10.6 Å². The Morgan fingerprint density at radius 1 is 1.29 bits per heavy atom. The van der Waals surface area contributed by atoms with Crippen LogP contribution >= 0.6 is 0 Å². The second-order valence-corrected chi connectivity index (χ2v) is 7.39. The summed E-state index contributed by atoms with van der Waals surface area (Å²) in [5, 5.41) is 6.35. The molecule has 2 fully saturated rings. The highest BCUT2D eigenvalue weighted by molar-refractivity contribution is 5.95. The van der Waals surface area contributed by atoms with Gasteiger partial charge in [0.05, 0.1) is 0 Å². The van der Waals surface area contributed by atoms with Gasteiger partial charge in [-0.2, -0.15) is 0 Å².